The summed E-state index contributed by atoms with van der Waals surface area (Å²) in [5.74, 6) is 0.788. The van der Waals surface area contributed by atoms with Crippen LogP contribution in [0.15, 0.2) is 71.2 Å². The van der Waals surface area contributed by atoms with E-state index in [0.717, 1.165) is 29.7 Å². The summed E-state index contributed by atoms with van der Waals surface area (Å²) in [6.07, 6.45) is 2.10. The maximum absolute atomic E-state index is 12.8. The summed E-state index contributed by atoms with van der Waals surface area (Å²) in [5, 5.41) is 10.5. The van der Waals surface area contributed by atoms with E-state index in [9.17, 15) is 10.1 Å². The molecule has 0 bridgehead atoms. The van der Waals surface area contributed by atoms with Gasteiger partial charge in [0.15, 0.2) is 5.78 Å². The zero-order valence-electron chi connectivity index (χ0n) is 16.7. The van der Waals surface area contributed by atoms with Gasteiger partial charge in [0.25, 0.3) is 0 Å². The first kappa shape index (κ1) is 20.1. The summed E-state index contributed by atoms with van der Waals surface area (Å²) in [7, 11) is 1.82. The Bertz CT molecular complexity index is 1080. The van der Waals surface area contributed by atoms with Crippen LogP contribution in [0.3, 0.4) is 0 Å². The smallest absolute Gasteiger partial charge is 0.161 e. The Morgan fingerprint density at radius 1 is 1.17 bits per heavy atom. The summed E-state index contributed by atoms with van der Waals surface area (Å²) in [6, 6.07) is 17.3. The highest BCUT2D eigenvalue weighted by molar-refractivity contribution is 6.30. The maximum atomic E-state index is 12.8. The lowest BCUT2D eigenvalue weighted by Crippen LogP contribution is -2.36. The van der Waals surface area contributed by atoms with Crippen molar-refractivity contribution in [1.82, 2.24) is 4.90 Å². The average Bonchev–Trinajstić information content (AvgIpc) is 2.76. The van der Waals surface area contributed by atoms with Gasteiger partial charge in [-0.1, -0.05) is 35.9 Å². The normalized spacial score (nSPS) is 18.9. The molecular weight excluding hydrogens is 398 g/mol. The number of carbonyl (C=O) groups excluding carboxylic acids is 1. The molecule has 0 aromatic heterocycles. The van der Waals surface area contributed by atoms with Crippen molar-refractivity contribution < 1.29 is 9.53 Å². The topological polar surface area (TPSA) is 79.3 Å². The Morgan fingerprint density at radius 2 is 1.87 bits per heavy atom. The summed E-state index contributed by atoms with van der Waals surface area (Å²) in [6.45, 7) is 0.425. The molecule has 2 aromatic carbocycles. The van der Waals surface area contributed by atoms with Crippen molar-refractivity contribution in [3.63, 3.8) is 0 Å². The van der Waals surface area contributed by atoms with Gasteiger partial charge in [-0.25, -0.2) is 0 Å². The molecule has 6 heteroatoms. The Morgan fingerprint density at radius 3 is 2.53 bits per heavy atom. The minimum absolute atomic E-state index is 0.0939. The second-order valence-corrected chi connectivity index (χ2v) is 7.96. The molecule has 2 aromatic rings. The number of nitrogens with two attached hydrogens (primary N) is 1. The highest BCUT2D eigenvalue weighted by Gasteiger charge is 2.38. The first-order valence-corrected chi connectivity index (χ1v) is 10.2. The molecular formula is C24H22ClN3O2. The molecule has 0 saturated heterocycles. The molecule has 2 N–H and O–H groups in total. The van der Waals surface area contributed by atoms with E-state index in [1.54, 1.807) is 4.90 Å². The van der Waals surface area contributed by atoms with E-state index >= 15 is 0 Å². The molecule has 5 nitrogen and oxygen atoms in total. The van der Waals surface area contributed by atoms with Crippen molar-refractivity contribution in [3.8, 4) is 11.8 Å². The van der Waals surface area contributed by atoms with Crippen LogP contribution in [-0.4, -0.2) is 17.7 Å². The second-order valence-electron chi connectivity index (χ2n) is 7.52. The van der Waals surface area contributed by atoms with Crippen LogP contribution in [0.4, 0.5) is 0 Å². The number of nitriles is 1. The lowest BCUT2D eigenvalue weighted by molar-refractivity contribution is -0.116. The largest absolute Gasteiger partial charge is 0.489 e. The van der Waals surface area contributed by atoms with Crippen molar-refractivity contribution in [3.05, 3.63) is 87.3 Å². The van der Waals surface area contributed by atoms with E-state index < -0.39 is 5.92 Å². The third-order valence-electron chi connectivity index (χ3n) is 5.70. The molecule has 0 saturated carbocycles. The SMILES string of the molecule is CN1C(N)=C(C#N)[C@H](c2ccc(OCc3ccc(Cl)cc3)cc2)C2=C1CCCC2=O. The number of benzene rings is 2. The van der Waals surface area contributed by atoms with Gasteiger partial charge in [0.05, 0.1) is 17.6 Å². The fourth-order valence-electron chi connectivity index (χ4n) is 4.10. The van der Waals surface area contributed by atoms with E-state index in [1.165, 1.54) is 0 Å². The molecule has 4 rings (SSSR count). The summed E-state index contributed by atoms with van der Waals surface area (Å²) < 4.78 is 5.86. The number of hydrogen-bond acceptors (Lipinski definition) is 5. The molecule has 2 aliphatic rings. The van der Waals surface area contributed by atoms with Crippen LogP contribution in [-0.2, 0) is 11.4 Å². The van der Waals surface area contributed by atoms with Gasteiger partial charge >= 0.3 is 0 Å². The first-order chi connectivity index (χ1) is 14.5. The minimum Gasteiger partial charge on any atom is -0.489 e. The fourth-order valence-corrected chi connectivity index (χ4v) is 4.23. The molecule has 1 heterocycles. The third kappa shape index (κ3) is 3.67. The Kier molecular flexibility index (Phi) is 5.52. The molecule has 152 valence electrons. The van der Waals surface area contributed by atoms with E-state index in [1.807, 2.05) is 55.6 Å². The van der Waals surface area contributed by atoms with Crippen molar-refractivity contribution >= 4 is 17.4 Å². The number of halogens is 1. The zero-order chi connectivity index (χ0) is 21.3. The molecule has 1 aliphatic carbocycles. The second kappa shape index (κ2) is 8.25. The highest BCUT2D eigenvalue weighted by Crippen LogP contribution is 2.44. The lowest BCUT2D eigenvalue weighted by atomic mass is 9.76. The van der Waals surface area contributed by atoms with Gasteiger partial charge in [-0.05, 0) is 48.2 Å². The van der Waals surface area contributed by atoms with Crippen LogP contribution >= 0.6 is 11.6 Å². The number of ether oxygens (including phenoxy) is 1. The maximum Gasteiger partial charge on any atom is 0.161 e. The fraction of sp³-hybridized carbons (Fsp3) is 0.250. The average molecular weight is 420 g/mol. The van der Waals surface area contributed by atoms with Crippen LogP contribution < -0.4 is 10.5 Å². The molecule has 0 fully saturated rings. The van der Waals surface area contributed by atoms with E-state index in [0.29, 0.717) is 40.8 Å². The van der Waals surface area contributed by atoms with Gasteiger partial charge in [-0.3, -0.25) is 4.79 Å². The zero-order valence-corrected chi connectivity index (χ0v) is 17.4. The van der Waals surface area contributed by atoms with Crippen LogP contribution in [0.1, 0.15) is 36.3 Å². The minimum atomic E-state index is -0.431. The molecule has 1 aliphatic heterocycles. The van der Waals surface area contributed by atoms with Gasteiger partial charge in [-0.2, -0.15) is 5.26 Å². The van der Waals surface area contributed by atoms with Crippen LogP contribution in [0.25, 0.3) is 0 Å². The number of nitrogens with zero attached hydrogens (tertiary/aromatic N) is 2. The van der Waals surface area contributed by atoms with E-state index in [4.69, 9.17) is 22.1 Å². The number of allylic oxidation sites excluding steroid dienone is 3. The molecule has 0 unspecified atom stereocenters. The van der Waals surface area contributed by atoms with E-state index in [-0.39, 0.29) is 5.78 Å². The summed E-state index contributed by atoms with van der Waals surface area (Å²) in [4.78, 5) is 14.6. The van der Waals surface area contributed by atoms with Crippen molar-refractivity contribution in [2.24, 2.45) is 5.73 Å². The van der Waals surface area contributed by atoms with Crippen LogP contribution in [0.2, 0.25) is 5.02 Å². The molecule has 0 radical (unpaired) electrons. The van der Waals surface area contributed by atoms with Crippen LogP contribution in [0.5, 0.6) is 5.75 Å². The predicted octanol–water partition coefficient (Wildman–Crippen LogP) is 4.65. The molecule has 0 spiro atoms. The highest BCUT2D eigenvalue weighted by atomic mass is 35.5. The third-order valence-corrected chi connectivity index (χ3v) is 5.95. The number of hydrogen-bond donors (Lipinski definition) is 1. The van der Waals surface area contributed by atoms with Gasteiger partial charge < -0.3 is 15.4 Å². The van der Waals surface area contributed by atoms with E-state index in [2.05, 4.69) is 6.07 Å². The standard InChI is InChI=1S/C24H22ClN3O2/c1-28-20-3-2-4-21(29)23(20)22(19(13-26)24(28)27)16-7-11-18(12-8-16)30-14-15-5-9-17(25)10-6-15/h5-12,22H,2-4,14,27H2,1H3/t22-/m0/s1. The quantitative estimate of drug-likeness (QED) is 0.780. The molecule has 1 atom stereocenters. The summed E-state index contributed by atoms with van der Waals surface area (Å²) >= 11 is 5.91. The lowest BCUT2D eigenvalue weighted by Gasteiger charge is -2.37. The summed E-state index contributed by atoms with van der Waals surface area (Å²) in [5.41, 5.74) is 10.2. The predicted molar refractivity (Wildman–Crippen MR) is 115 cm³/mol. The van der Waals surface area contributed by atoms with Gasteiger partial charge in [0, 0.05) is 29.8 Å². The number of ketones is 1. The number of rotatable bonds is 4. The first-order valence-electron chi connectivity index (χ1n) is 9.86. The monoisotopic (exact) mass is 419 g/mol. The molecule has 30 heavy (non-hydrogen) atoms. The Hall–Kier alpha value is -3.23. The van der Waals surface area contributed by atoms with Crippen molar-refractivity contribution in [2.75, 3.05) is 7.05 Å². The van der Waals surface area contributed by atoms with Crippen molar-refractivity contribution in [1.29, 1.82) is 5.26 Å². The van der Waals surface area contributed by atoms with Gasteiger partial charge in [0.1, 0.15) is 18.2 Å². The Balaban J connectivity index is 1.61. The van der Waals surface area contributed by atoms with Crippen LogP contribution in [0, 0.1) is 11.3 Å². The number of carbonyl (C=O) groups is 1. The molecule has 0 amide bonds. The number of Topliss-reactive ketones (excluding diaryl/α,β-unsaturated/α-hetero) is 1. The van der Waals surface area contributed by atoms with Crippen molar-refractivity contribution in [2.45, 2.75) is 31.8 Å². The van der Waals surface area contributed by atoms with Gasteiger partial charge in [-0.15, -0.1) is 0 Å². The Labute approximate surface area is 181 Å². The van der Waals surface area contributed by atoms with Gasteiger partial charge in [0.2, 0.25) is 0 Å².